The minimum atomic E-state index is -3.46. The molecule has 0 radical (unpaired) electrons. The number of carboxylic acid groups (broad SMARTS) is 1. The van der Waals surface area contributed by atoms with E-state index in [0.717, 1.165) is 0 Å². The maximum atomic E-state index is 11.3. The molecule has 1 unspecified atom stereocenters. The smallest absolute Gasteiger partial charge is 0.304 e. The van der Waals surface area contributed by atoms with Crippen LogP contribution in [0.15, 0.2) is 0 Å². The summed E-state index contributed by atoms with van der Waals surface area (Å²) in [5, 5.41) is 16.6. The second kappa shape index (κ2) is 6.37. The zero-order valence-electron chi connectivity index (χ0n) is 8.43. The molecule has 0 saturated heterocycles. The second-order valence-electron chi connectivity index (χ2n) is 3.20. The number of rotatable bonds is 7. The van der Waals surface area contributed by atoms with Crippen LogP contribution in [-0.2, 0) is 14.8 Å². The van der Waals surface area contributed by atoms with Crippen LogP contribution in [0.2, 0.25) is 0 Å². The van der Waals surface area contributed by atoms with Gasteiger partial charge >= 0.3 is 5.97 Å². The molecule has 15 heavy (non-hydrogen) atoms. The van der Waals surface area contributed by atoms with Gasteiger partial charge in [0.2, 0.25) is 10.0 Å². The average molecular weight is 234 g/mol. The van der Waals surface area contributed by atoms with Crippen molar-refractivity contribution in [2.24, 2.45) is 0 Å². The molecule has 0 aliphatic heterocycles. The summed E-state index contributed by atoms with van der Waals surface area (Å²) in [6.45, 7) is 1.48. The van der Waals surface area contributed by atoms with Crippen molar-refractivity contribution in [2.75, 3.05) is 5.75 Å². The number of nitrogens with one attached hydrogen (secondary N) is 1. The maximum absolute atomic E-state index is 11.3. The molecule has 0 spiro atoms. The van der Waals surface area contributed by atoms with Crippen molar-refractivity contribution >= 4 is 16.0 Å². The third-order valence-electron chi connectivity index (χ3n) is 1.56. The van der Waals surface area contributed by atoms with E-state index in [9.17, 15) is 13.2 Å². The van der Waals surface area contributed by atoms with Gasteiger partial charge < -0.3 is 5.11 Å². The van der Waals surface area contributed by atoms with E-state index in [0.29, 0.717) is 0 Å². The molecule has 0 aromatic heterocycles. The summed E-state index contributed by atoms with van der Waals surface area (Å²) < 4.78 is 24.8. The lowest BCUT2D eigenvalue weighted by Gasteiger charge is -2.11. The number of carbonyl (C=O) groups is 1. The Bertz CT molecular complexity index is 344. The van der Waals surface area contributed by atoms with Gasteiger partial charge in [-0.2, -0.15) is 5.26 Å². The highest BCUT2D eigenvalue weighted by Gasteiger charge is 2.15. The Labute approximate surface area is 89.0 Å². The van der Waals surface area contributed by atoms with Crippen molar-refractivity contribution < 1.29 is 18.3 Å². The maximum Gasteiger partial charge on any atom is 0.304 e. The zero-order chi connectivity index (χ0) is 11.9. The normalized spacial score (nSPS) is 13.1. The molecular formula is C8H14N2O4S. The average Bonchev–Trinajstić information content (AvgIpc) is 2.00. The van der Waals surface area contributed by atoms with Gasteiger partial charge in [-0.15, -0.1) is 0 Å². The standard InChI is InChI=1S/C8H14N2O4S/c1-7(6-8(11)12)10-15(13,14)5-3-2-4-9/h7,10H,2-3,5-6H2,1H3,(H,11,12). The van der Waals surface area contributed by atoms with Crippen molar-refractivity contribution in [2.45, 2.75) is 32.2 Å². The van der Waals surface area contributed by atoms with Gasteiger partial charge in [0, 0.05) is 12.5 Å². The van der Waals surface area contributed by atoms with E-state index in [2.05, 4.69) is 4.72 Å². The lowest BCUT2D eigenvalue weighted by molar-refractivity contribution is -0.137. The highest BCUT2D eigenvalue weighted by molar-refractivity contribution is 7.89. The minimum absolute atomic E-state index is 0.148. The van der Waals surface area contributed by atoms with Gasteiger partial charge in [-0.3, -0.25) is 4.79 Å². The number of unbranched alkanes of at least 4 members (excludes halogenated alkanes) is 1. The lowest BCUT2D eigenvalue weighted by atomic mass is 10.3. The number of hydrogen-bond donors (Lipinski definition) is 2. The van der Waals surface area contributed by atoms with E-state index in [-0.39, 0.29) is 25.0 Å². The van der Waals surface area contributed by atoms with Crippen LogP contribution in [0.5, 0.6) is 0 Å². The predicted octanol–water partition coefficient (Wildman–Crippen LogP) is 0.0728. The molecule has 0 aromatic rings. The SMILES string of the molecule is CC(CC(=O)O)NS(=O)(=O)CCCC#N. The number of sulfonamides is 1. The molecule has 0 fully saturated rings. The van der Waals surface area contributed by atoms with Crippen LogP contribution in [-0.4, -0.2) is 31.3 Å². The Morgan fingerprint density at radius 2 is 2.20 bits per heavy atom. The highest BCUT2D eigenvalue weighted by Crippen LogP contribution is 1.98. The first-order valence-electron chi connectivity index (χ1n) is 4.46. The molecule has 0 aromatic carbocycles. The first kappa shape index (κ1) is 13.9. The molecule has 1 atom stereocenters. The van der Waals surface area contributed by atoms with Crippen LogP contribution in [0.1, 0.15) is 26.2 Å². The Morgan fingerprint density at radius 1 is 1.60 bits per heavy atom. The van der Waals surface area contributed by atoms with Gasteiger partial charge in [-0.05, 0) is 13.3 Å². The second-order valence-corrected chi connectivity index (χ2v) is 5.07. The highest BCUT2D eigenvalue weighted by atomic mass is 32.2. The van der Waals surface area contributed by atoms with Crippen molar-refractivity contribution in [3.05, 3.63) is 0 Å². The molecule has 0 aliphatic rings. The molecule has 2 N–H and O–H groups in total. The summed E-state index contributed by atoms with van der Waals surface area (Å²) in [7, 11) is -3.46. The molecule has 7 heteroatoms. The third-order valence-corrected chi connectivity index (χ3v) is 3.15. The summed E-state index contributed by atoms with van der Waals surface area (Å²) in [6.07, 6.45) is 0.178. The van der Waals surface area contributed by atoms with E-state index in [1.807, 2.05) is 6.07 Å². The fourth-order valence-corrected chi connectivity index (χ4v) is 2.35. The summed E-state index contributed by atoms with van der Waals surface area (Å²) in [6, 6.07) is 1.21. The molecule has 0 heterocycles. The van der Waals surface area contributed by atoms with E-state index in [1.54, 1.807) is 0 Å². The van der Waals surface area contributed by atoms with Crippen LogP contribution >= 0.6 is 0 Å². The number of nitrogens with zero attached hydrogens (tertiary/aromatic N) is 1. The van der Waals surface area contributed by atoms with E-state index >= 15 is 0 Å². The first-order chi connectivity index (χ1) is 6.87. The lowest BCUT2D eigenvalue weighted by Crippen LogP contribution is -2.35. The van der Waals surface area contributed by atoms with Gasteiger partial charge in [0.15, 0.2) is 0 Å². The van der Waals surface area contributed by atoms with Crippen LogP contribution < -0.4 is 4.72 Å². The topological polar surface area (TPSA) is 107 Å². The Morgan fingerprint density at radius 3 is 2.67 bits per heavy atom. The van der Waals surface area contributed by atoms with Crippen molar-refractivity contribution in [3.63, 3.8) is 0 Å². The minimum Gasteiger partial charge on any atom is -0.481 e. The number of carboxylic acids is 1. The van der Waals surface area contributed by atoms with E-state index in [1.165, 1.54) is 6.92 Å². The quantitative estimate of drug-likeness (QED) is 0.606. The van der Waals surface area contributed by atoms with Crippen molar-refractivity contribution in [1.29, 1.82) is 5.26 Å². The van der Waals surface area contributed by atoms with Crippen molar-refractivity contribution in [1.82, 2.24) is 4.72 Å². The Balaban J connectivity index is 4.03. The van der Waals surface area contributed by atoms with Crippen molar-refractivity contribution in [3.8, 4) is 6.07 Å². The van der Waals surface area contributed by atoms with Gasteiger partial charge in [-0.25, -0.2) is 13.1 Å². The number of hydrogen-bond acceptors (Lipinski definition) is 4. The van der Waals surface area contributed by atoms with Crippen LogP contribution in [0.25, 0.3) is 0 Å². The van der Waals surface area contributed by atoms with Gasteiger partial charge in [-0.1, -0.05) is 0 Å². The third kappa shape index (κ3) is 7.90. The summed E-state index contributed by atoms with van der Waals surface area (Å²) >= 11 is 0. The molecule has 86 valence electrons. The largest absolute Gasteiger partial charge is 0.481 e. The number of aliphatic carboxylic acids is 1. The molecule has 0 saturated carbocycles. The van der Waals surface area contributed by atoms with Gasteiger partial charge in [0.25, 0.3) is 0 Å². The van der Waals surface area contributed by atoms with Gasteiger partial charge in [0.1, 0.15) is 0 Å². The molecule has 0 bridgehead atoms. The molecule has 0 amide bonds. The molecule has 0 rings (SSSR count). The summed E-state index contributed by atoms with van der Waals surface area (Å²) in [4.78, 5) is 10.3. The Hall–Kier alpha value is -1.13. The van der Waals surface area contributed by atoms with Crippen LogP contribution in [0.4, 0.5) is 0 Å². The summed E-state index contributed by atoms with van der Waals surface area (Å²) in [5.74, 6) is -1.20. The summed E-state index contributed by atoms with van der Waals surface area (Å²) in [5.41, 5.74) is 0. The predicted molar refractivity (Wildman–Crippen MR) is 53.5 cm³/mol. The fraction of sp³-hybridized carbons (Fsp3) is 0.750. The monoisotopic (exact) mass is 234 g/mol. The Kier molecular flexibility index (Phi) is 5.89. The van der Waals surface area contributed by atoms with E-state index < -0.39 is 22.0 Å². The number of nitriles is 1. The molecular weight excluding hydrogens is 220 g/mol. The molecule has 6 nitrogen and oxygen atoms in total. The van der Waals surface area contributed by atoms with Crippen LogP contribution in [0, 0.1) is 11.3 Å². The zero-order valence-corrected chi connectivity index (χ0v) is 9.25. The van der Waals surface area contributed by atoms with Crippen LogP contribution in [0.3, 0.4) is 0 Å². The fourth-order valence-electron chi connectivity index (χ4n) is 1.01. The van der Waals surface area contributed by atoms with E-state index in [4.69, 9.17) is 10.4 Å². The first-order valence-corrected chi connectivity index (χ1v) is 6.11. The molecule has 0 aliphatic carbocycles. The van der Waals surface area contributed by atoms with Gasteiger partial charge in [0.05, 0.1) is 18.2 Å².